The van der Waals surface area contributed by atoms with Crippen LogP contribution in [0, 0.1) is 11.7 Å². The number of para-hydroxylation sites is 1. The van der Waals surface area contributed by atoms with Crippen molar-refractivity contribution in [3.8, 4) is 5.75 Å². The van der Waals surface area contributed by atoms with Gasteiger partial charge in [0.05, 0.1) is 6.10 Å². The van der Waals surface area contributed by atoms with Crippen molar-refractivity contribution in [3.63, 3.8) is 0 Å². The van der Waals surface area contributed by atoms with Gasteiger partial charge in [-0.15, -0.1) is 0 Å². The lowest BCUT2D eigenvalue weighted by Gasteiger charge is -2.30. The lowest BCUT2D eigenvalue weighted by molar-refractivity contribution is 0.115. The summed E-state index contributed by atoms with van der Waals surface area (Å²) in [6, 6.07) is 5.27. The van der Waals surface area contributed by atoms with Crippen LogP contribution < -0.4 is 10.1 Å². The minimum absolute atomic E-state index is 0.0891. The van der Waals surface area contributed by atoms with E-state index >= 15 is 0 Å². The third-order valence-electron chi connectivity index (χ3n) is 4.49. The summed E-state index contributed by atoms with van der Waals surface area (Å²) in [6.07, 6.45) is 5.92. The molecule has 3 unspecified atom stereocenters. The Balaban J connectivity index is 2.15. The molecule has 2 rings (SSSR count). The van der Waals surface area contributed by atoms with Crippen LogP contribution >= 0.6 is 0 Å². The third kappa shape index (κ3) is 3.51. The lowest BCUT2D eigenvalue weighted by Crippen LogP contribution is -2.26. The van der Waals surface area contributed by atoms with E-state index < -0.39 is 0 Å². The molecule has 0 heterocycles. The van der Waals surface area contributed by atoms with Gasteiger partial charge < -0.3 is 10.1 Å². The first-order valence-electron chi connectivity index (χ1n) is 7.78. The van der Waals surface area contributed by atoms with E-state index in [0.717, 1.165) is 24.3 Å². The lowest BCUT2D eigenvalue weighted by atomic mass is 9.85. The van der Waals surface area contributed by atoms with Crippen LogP contribution in [0.4, 0.5) is 4.39 Å². The molecule has 1 aliphatic carbocycles. The van der Waals surface area contributed by atoms with Crippen molar-refractivity contribution >= 4 is 0 Å². The van der Waals surface area contributed by atoms with Crippen LogP contribution in [0.3, 0.4) is 0 Å². The number of nitrogens with one attached hydrogen (secondary N) is 1. The molecule has 0 aromatic heterocycles. The van der Waals surface area contributed by atoms with Gasteiger partial charge in [-0.3, -0.25) is 0 Å². The molecule has 0 amide bonds. The van der Waals surface area contributed by atoms with E-state index in [1.165, 1.54) is 25.3 Å². The Bertz CT molecular complexity index is 435. The van der Waals surface area contributed by atoms with Gasteiger partial charge in [0, 0.05) is 11.6 Å². The van der Waals surface area contributed by atoms with E-state index in [9.17, 15) is 4.39 Å². The predicted molar refractivity (Wildman–Crippen MR) is 80.5 cm³/mol. The van der Waals surface area contributed by atoms with Gasteiger partial charge in [-0.25, -0.2) is 4.39 Å². The molecule has 0 bridgehead atoms. The van der Waals surface area contributed by atoms with Crippen molar-refractivity contribution in [2.24, 2.45) is 5.92 Å². The first kappa shape index (κ1) is 15.3. The topological polar surface area (TPSA) is 21.3 Å². The molecule has 0 radical (unpaired) electrons. The molecule has 1 saturated carbocycles. The summed E-state index contributed by atoms with van der Waals surface area (Å²) in [5.74, 6) is 0.921. The molecular weight excluding hydrogens is 253 g/mol. The van der Waals surface area contributed by atoms with E-state index in [2.05, 4.69) is 12.2 Å². The molecule has 112 valence electrons. The summed E-state index contributed by atoms with van der Waals surface area (Å²) < 4.78 is 20.2. The second-order valence-electron chi connectivity index (χ2n) is 5.85. The highest BCUT2D eigenvalue weighted by molar-refractivity contribution is 5.37. The van der Waals surface area contributed by atoms with Crippen LogP contribution in [0.2, 0.25) is 0 Å². The molecule has 20 heavy (non-hydrogen) atoms. The van der Waals surface area contributed by atoms with Crippen LogP contribution in [0.25, 0.3) is 0 Å². The van der Waals surface area contributed by atoms with Crippen molar-refractivity contribution in [1.29, 1.82) is 0 Å². The van der Waals surface area contributed by atoms with Gasteiger partial charge in [-0.05, 0) is 45.2 Å². The smallest absolute Gasteiger partial charge is 0.165 e. The van der Waals surface area contributed by atoms with Gasteiger partial charge in [0.25, 0.3) is 0 Å². The fourth-order valence-corrected chi connectivity index (χ4v) is 3.03. The van der Waals surface area contributed by atoms with E-state index in [4.69, 9.17) is 4.74 Å². The van der Waals surface area contributed by atoms with Gasteiger partial charge >= 0.3 is 0 Å². The maximum absolute atomic E-state index is 14.1. The highest BCUT2D eigenvalue weighted by atomic mass is 19.1. The van der Waals surface area contributed by atoms with Crippen LogP contribution in [0.15, 0.2) is 18.2 Å². The molecule has 1 aliphatic rings. The van der Waals surface area contributed by atoms with Gasteiger partial charge in [0.2, 0.25) is 0 Å². The van der Waals surface area contributed by atoms with E-state index in [1.54, 1.807) is 6.07 Å². The minimum Gasteiger partial charge on any atom is -0.487 e. The number of hydrogen-bond acceptors (Lipinski definition) is 2. The van der Waals surface area contributed by atoms with E-state index in [-0.39, 0.29) is 18.0 Å². The Morgan fingerprint density at radius 3 is 2.90 bits per heavy atom. The number of benzene rings is 1. The van der Waals surface area contributed by atoms with E-state index in [1.807, 2.05) is 20.0 Å². The summed E-state index contributed by atoms with van der Waals surface area (Å²) in [6.45, 7) is 4.25. The molecule has 0 spiro atoms. The molecule has 1 N–H and O–H groups in total. The molecule has 1 aromatic carbocycles. The zero-order valence-electron chi connectivity index (χ0n) is 12.8. The highest BCUT2D eigenvalue weighted by Crippen LogP contribution is 2.34. The quantitative estimate of drug-likeness (QED) is 0.859. The van der Waals surface area contributed by atoms with Gasteiger partial charge in [0.1, 0.15) is 0 Å². The summed E-state index contributed by atoms with van der Waals surface area (Å²) in [5.41, 5.74) is 0.908. The largest absolute Gasteiger partial charge is 0.487 e. The molecule has 1 aromatic rings. The Morgan fingerprint density at radius 2 is 2.20 bits per heavy atom. The van der Waals surface area contributed by atoms with E-state index in [0.29, 0.717) is 5.75 Å². The fraction of sp³-hybridized carbons (Fsp3) is 0.647. The van der Waals surface area contributed by atoms with Gasteiger partial charge in [0.15, 0.2) is 11.6 Å². The van der Waals surface area contributed by atoms with Crippen LogP contribution in [0.5, 0.6) is 5.75 Å². The van der Waals surface area contributed by atoms with Crippen LogP contribution in [-0.2, 0) is 0 Å². The molecular formula is C17H26FNO. The second kappa shape index (κ2) is 7.07. The van der Waals surface area contributed by atoms with Crippen molar-refractivity contribution in [2.45, 2.75) is 58.1 Å². The number of hydrogen-bond donors (Lipinski definition) is 1. The second-order valence-corrected chi connectivity index (χ2v) is 5.85. The molecule has 3 heteroatoms. The Kier molecular flexibility index (Phi) is 5.41. The Labute approximate surface area is 121 Å². The van der Waals surface area contributed by atoms with Crippen LogP contribution in [-0.4, -0.2) is 13.2 Å². The maximum atomic E-state index is 14.1. The highest BCUT2D eigenvalue weighted by Gasteiger charge is 2.24. The van der Waals surface area contributed by atoms with Crippen molar-refractivity contribution < 1.29 is 9.13 Å². The average molecular weight is 279 g/mol. The monoisotopic (exact) mass is 279 g/mol. The predicted octanol–water partition coefficient (Wildman–Crippen LogP) is 4.45. The number of ether oxygens (including phenoxy) is 1. The van der Waals surface area contributed by atoms with Gasteiger partial charge in [-0.2, -0.15) is 0 Å². The third-order valence-corrected chi connectivity index (χ3v) is 4.49. The maximum Gasteiger partial charge on any atom is 0.165 e. The molecule has 0 aliphatic heterocycles. The standard InChI is InChI=1S/C17H26FNO/c1-4-13-7-5-8-14(11-13)20-17-15(12(2)19-3)9-6-10-16(17)18/h6,9-10,12-14,19H,4-5,7-8,11H2,1-3H3. The molecule has 2 nitrogen and oxygen atoms in total. The number of rotatable bonds is 5. The molecule has 1 fully saturated rings. The van der Waals surface area contributed by atoms with Crippen molar-refractivity contribution in [3.05, 3.63) is 29.6 Å². The minimum atomic E-state index is -0.247. The number of halogens is 1. The molecule has 3 atom stereocenters. The van der Waals surface area contributed by atoms with Crippen molar-refractivity contribution in [2.75, 3.05) is 7.05 Å². The molecule has 0 saturated heterocycles. The normalized spacial score (nSPS) is 24.4. The first-order valence-corrected chi connectivity index (χ1v) is 7.78. The summed E-state index contributed by atoms with van der Waals surface area (Å²) in [7, 11) is 1.88. The van der Waals surface area contributed by atoms with Crippen LogP contribution in [0.1, 0.15) is 57.6 Å². The summed E-state index contributed by atoms with van der Waals surface area (Å²) in [4.78, 5) is 0. The zero-order valence-corrected chi connectivity index (χ0v) is 12.8. The fourth-order valence-electron chi connectivity index (χ4n) is 3.03. The van der Waals surface area contributed by atoms with Gasteiger partial charge in [-0.1, -0.05) is 31.9 Å². The zero-order chi connectivity index (χ0) is 14.5. The SMILES string of the molecule is CCC1CCCC(Oc2c(F)cccc2C(C)NC)C1. The Morgan fingerprint density at radius 1 is 1.40 bits per heavy atom. The first-order chi connectivity index (χ1) is 9.65. The summed E-state index contributed by atoms with van der Waals surface area (Å²) >= 11 is 0. The van der Waals surface area contributed by atoms with Crippen molar-refractivity contribution in [1.82, 2.24) is 5.32 Å². The average Bonchev–Trinajstić information content (AvgIpc) is 2.48. The summed E-state index contributed by atoms with van der Waals surface area (Å²) in [5, 5.41) is 3.16. The Hall–Kier alpha value is -1.09.